The Morgan fingerprint density at radius 2 is 1.52 bits per heavy atom. The fraction of sp³-hybridized carbons (Fsp3) is 0.250. The molecule has 1 aliphatic rings. The van der Waals surface area contributed by atoms with Gasteiger partial charge in [0.1, 0.15) is 0 Å². The predicted molar refractivity (Wildman–Crippen MR) is 136 cm³/mol. The van der Waals surface area contributed by atoms with E-state index in [1.807, 2.05) is 66.7 Å². The van der Waals surface area contributed by atoms with Crippen molar-refractivity contribution in [3.8, 4) is 11.1 Å². The van der Waals surface area contributed by atoms with Crippen molar-refractivity contribution in [3.63, 3.8) is 0 Å². The van der Waals surface area contributed by atoms with Gasteiger partial charge in [-0.05, 0) is 66.4 Å². The lowest BCUT2D eigenvalue weighted by Gasteiger charge is -2.35. The molecule has 170 valence electrons. The van der Waals surface area contributed by atoms with E-state index in [0.29, 0.717) is 5.02 Å². The maximum absolute atomic E-state index is 12.3. The Labute approximate surface area is 200 Å². The molecule has 1 fully saturated rings. The van der Waals surface area contributed by atoms with Gasteiger partial charge in [-0.1, -0.05) is 60.1 Å². The van der Waals surface area contributed by atoms with Crippen LogP contribution in [0.1, 0.15) is 25.0 Å². The second-order valence-electron chi connectivity index (χ2n) is 8.60. The van der Waals surface area contributed by atoms with Crippen LogP contribution >= 0.6 is 11.6 Å². The van der Waals surface area contributed by atoms with Crippen molar-refractivity contribution in [1.29, 1.82) is 0 Å². The van der Waals surface area contributed by atoms with Crippen LogP contribution in [-0.2, 0) is 16.1 Å². The Balaban J connectivity index is 1.29. The van der Waals surface area contributed by atoms with Crippen LogP contribution in [0.2, 0.25) is 5.02 Å². The highest BCUT2D eigenvalue weighted by atomic mass is 35.5. The molecular weight excluding hydrogens is 432 g/mol. The van der Waals surface area contributed by atoms with Crippen molar-refractivity contribution in [3.05, 3.63) is 95.0 Å². The van der Waals surface area contributed by atoms with Crippen LogP contribution in [-0.4, -0.2) is 36.1 Å². The summed E-state index contributed by atoms with van der Waals surface area (Å²) < 4.78 is 5.81. The van der Waals surface area contributed by atoms with Crippen molar-refractivity contribution in [1.82, 2.24) is 4.90 Å². The highest BCUT2D eigenvalue weighted by Gasteiger charge is 2.21. The number of carbonyl (C=O) groups is 1. The average molecular weight is 461 g/mol. The zero-order valence-electron chi connectivity index (χ0n) is 19.0. The lowest BCUT2D eigenvalue weighted by molar-refractivity contribution is -0.111. The van der Waals surface area contributed by atoms with Crippen LogP contribution in [0.4, 0.5) is 5.69 Å². The fourth-order valence-corrected chi connectivity index (χ4v) is 4.28. The molecule has 4 nitrogen and oxygen atoms in total. The van der Waals surface area contributed by atoms with Gasteiger partial charge in [0.15, 0.2) is 0 Å². The number of nitrogens with zero attached hydrogens (tertiary/aromatic N) is 1. The van der Waals surface area contributed by atoms with Gasteiger partial charge in [-0.2, -0.15) is 0 Å². The second kappa shape index (κ2) is 10.8. The summed E-state index contributed by atoms with van der Waals surface area (Å²) in [4.78, 5) is 14.8. The standard InChI is InChI=1S/C28H29ClN2O2/c1-20-17-31(18-21(2)33-20)19-23-5-3-22(4-6-23)7-16-28(32)30-27-14-10-25(11-15-27)24-8-12-26(29)13-9-24/h3-16,20-21H,17-19H2,1-2H3,(H,30,32). The predicted octanol–water partition coefficient (Wildman–Crippen LogP) is 6.27. The number of amides is 1. The molecule has 0 bridgehead atoms. The van der Waals surface area contributed by atoms with Crippen LogP contribution in [0.15, 0.2) is 78.9 Å². The van der Waals surface area contributed by atoms with Gasteiger partial charge < -0.3 is 10.1 Å². The van der Waals surface area contributed by atoms with Crippen LogP contribution in [0, 0.1) is 0 Å². The van der Waals surface area contributed by atoms with Crippen LogP contribution in [0.5, 0.6) is 0 Å². The van der Waals surface area contributed by atoms with E-state index in [-0.39, 0.29) is 18.1 Å². The highest BCUT2D eigenvalue weighted by molar-refractivity contribution is 6.30. The van der Waals surface area contributed by atoms with E-state index in [1.54, 1.807) is 6.08 Å². The highest BCUT2D eigenvalue weighted by Crippen LogP contribution is 2.23. The summed E-state index contributed by atoms with van der Waals surface area (Å²) in [6.07, 6.45) is 3.93. The van der Waals surface area contributed by atoms with Crippen molar-refractivity contribution in [2.24, 2.45) is 0 Å². The first-order valence-electron chi connectivity index (χ1n) is 11.3. The molecule has 2 unspecified atom stereocenters. The number of nitrogens with one attached hydrogen (secondary N) is 1. The molecule has 0 saturated carbocycles. The Hall–Kier alpha value is -2.92. The Morgan fingerprint density at radius 3 is 2.12 bits per heavy atom. The molecule has 0 radical (unpaired) electrons. The van der Waals surface area contributed by atoms with Gasteiger partial charge in [0, 0.05) is 36.4 Å². The van der Waals surface area contributed by atoms with Crippen LogP contribution in [0.3, 0.4) is 0 Å². The minimum atomic E-state index is -0.158. The molecule has 1 heterocycles. The summed E-state index contributed by atoms with van der Waals surface area (Å²) in [6, 6.07) is 23.8. The third-order valence-corrected chi connectivity index (χ3v) is 5.89. The summed E-state index contributed by atoms with van der Waals surface area (Å²) in [5.41, 5.74) is 5.17. The molecule has 0 spiro atoms. The zero-order chi connectivity index (χ0) is 23.2. The summed E-state index contributed by atoms with van der Waals surface area (Å²) in [5, 5.41) is 3.62. The topological polar surface area (TPSA) is 41.6 Å². The van der Waals surface area contributed by atoms with E-state index in [9.17, 15) is 4.79 Å². The third-order valence-electron chi connectivity index (χ3n) is 5.64. The first-order valence-corrected chi connectivity index (χ1v) is 11.6. The van der Waals surface area contributed by atoms with E-state index >= 15 is 0 Å². The first-order chi connectivity index (χ1) is 15.9. The lowest BCUT2D eigenvalue weighted by Crippen LogP contribution is -2.44. The first kappa shape index (κ1) is 23.2. The Bertz CT molecular complexity index is 1080. The molecule has 4 rings (SSSR count). The van der Waals surface area contributed by atoms with Gasteiger partial charge in [0.2, 0.25) is 5.91 Å². The SMILES string of the molecule is CC1CN(Cc2ccc(C=CC(=O)Nc3ccc(-c4ccc(Cl)cc4)cc3)cc2)CC(C)O1. The number of morpholine rings is 1. The molecule has 1 amide bonds. The summed E-state index contributed by atoms with van der Waals surface area (Å²) in [5.74, 6) is -0.158. The van der Waals surface area contributed by atoms with Crippen molar-refractivity contribution >= 4 is 29.3 Å². The molecule has 1 saturated heterocycles. The maximum atomic E-state index is 12.3. The number of ether oxygens (including phenoxy) is 1. The quantitative estimate of drug-likeness (QED) is 0.441. The molecule has 3 aromatic rings. The number of carbonyl (C=O) groups excluding carboxylic acids is 1. The Morgan fingerprint density at radius 1 is 0.939 bits per heavy atom. The number of rotatable bonds is 6. The van der Waals surface area contributed by atoms with E-state index in [4.69, 9.17) is 16.3 Å². The van der Waals surface area contributed by atoms with Crippen molar-refractivity contribution in [2.75, 3.05) is 18.4 Å². The van der Waals surface area contributed by atoms with Crippen molar-refractivity contribution in [2.45, 2.75) is 32.6 Å². The van der Waals surface area contributed by atoms with E-state index in [0.717, 1.165) is 42.0 Å². The normalized spacial score (nSPS) is 19.0. The maximum Gasteiger partial charge on any atom is 0.248 e. The molecule has 3 aromatic carbocycles. The van der Waals surface area contributed by atoms with Gasteiger partial charge in [-0.15, -0.1) is 0 Å². The molecule has 5 heteroatoms. The smallest absolute Gasteiger partial charge is 0.248 e. The van der Waals surface area contributed by atoms with Gasteiger partial charge in [-0.3, -0.25) is 9.69 Å². The fourth-order valence-electron chi connectivity index (χ4n) is 4.15. The number of hydrogen-bond acceptors (Lipinski definition) is 3. The van der Waals surface area contributed by atoms with Gasteiger partial charge in [-0.25, -0.2) is 0 Å². The van der Waals surface area contributed by atoms with Crippen molar-refractivity contribution < 1.29 is 9.53 Å². The minimum absolute atomic E-state index is 0.158. The molecule has 33 heavy (non-hydrogen) atoms. The van der Waals surface area contributed by atoms with Crippen LogP contribution in [0.25, 0.3) is 17.2 Å². The summed E-state index contributed by atoms with van der Waals surface area (Å²) in [6.45, 7) is 7.06. The van der Waals surface area contributed by atoms with E-state index < -0.39 is 0 Å². The Kier molecular flexibility index (Phi) is 7.61. The number of benzene rings is 3. The van der Waals surface area contributed by atoms with E-state index in [1.165, 1.54) is 5.56 Å². The number of halogens is 1. The zero-order valence-corrected chi connectivity index (χ0v) is 19.8. The second-order valence-corrected chi connectivity index (χ2v) is 9.04. The van der Waals surface area contributed by atoms with Crippen LogP contribution < -0.4 is 5.32 Å². The van der Waals surface area contributed by atoms with Gasteiger partial charge >= 0.3 is 0 Å². The number of hydrogen-bond donors (Lipinski definition) is 1. The molecule has 0 aromatic heterocycles. The molecule has 1 N–H and O–H groups in total. The summed E-state index contributed by atoms with van der Waals surface area (Å²) >= 11 is 5.95. The van der Waals surface area contributed by atoms with Gasteiger partial charge in [0.05, 0.1) is 12.2 Å². The minimum Gasteiger partial charge on any atom is -0.373 e. The lowest BCUT2D eigenvalue weighted by atomic mass is 10.1. The van der Waals surface area contributed by atoms with E-state index in [2.05, 4.69) is 36.2 Å². The molecule has 1 aliphatic heterocycles. The molecule has 2 atom stereocenters. The largest absolute Gasteiger partial charge is 0.373 e. The monoisotopic (exact) mass is 460 g/mol. The third kappa shape index (κ3) is 6.78. The molecular formula is C28H29ClN2O2. The number of anilines is 1. The molecule has 0 aliphatic carbocycles. The average Bonchev–Trinajstić information content (AvgIpc) is 2.79. The summed E-state index contributed by atoms with van der Waals surface area (Å²) in [7, 11) is 0. The van der Waals surface area contributed by atoms with Gasteiger partial charge in [0.25, 0.3) is 0 Å².